The molecule has 0 amide bonds. The van der Waals surface area contributed by atoms with Crippen LogP contribution in [0.4, 0.5) is 0 Å². The molecule has 12 heavy (non-hydrogen) atoms. The van der Waals surface area contributed by atoms with E-state index in [0.29, 0.717) is 0 Å². The van der Waals surface area contributed by atoms with Crippen molar-refractivity contribution >= 4 is 17.8 Å². The summed E-state index contributed by atoms with van der Waals surface area (Å²) in [6.07, 6.45) is 4.23. The number of thioether (sulfide) groups is 1. The van der Waals surface area contributed by atoms with Gasteiger partial charge in [-0.05, 0) is 24.3 Å². The monoisotopic (exact) mass is 178 g/mol. The van der Waals surface area contributed by atoms with Crippen LogP contribution in [0.1, 0.15) is 19.4 Å². The van der Waals surface area contributed by atoms with Crippen molar-refractivity contribution in [3.63, 3.8) is 0 Å². The molecule has 0 radical (unpaired) electrons. The Balaban J connectivity index is 2.91. The van der Waals surface area contributed by atoms with Crippen molar-refractivity contribution in [2.24, 2.45) is 0 Å². The van der Waals surface area contributed by atoms with Gasteiger partial charge in [-0.1, -0.05) is 37.3 Å². The Morgan fingerprint density at radius 1 is 1.33 bits per heavy atom. The molecule has 1 rings (SSSR count). The molecular weight excluding hydrogens is 164 g/mol. The molecule has 0 fully saturated rings. The van der Waals surface area contributed by atoms with E-state index >= 15 is 0 Å². The summed E-state index contributed by atoms with van der Waals surface area (Å²) in [5.74, 6) is 1.13. The highest BCUT2D eigenvalue weighted by molar-refractivity contribution is 7.99. The fourth-order valence-electron chi connectivity index (χ4n) is 1.08. The van der Waals surface area contributed by atoms with E-state index in [2.05, 4.69) is 43.3 Å². The Bertz CT molecular complexity index is 263. The van der Waals surface area contributed by atoms with Crippen LogP contribution in [0.25, 0.3) is 6.08 Å². The van der Waals surface area contributed by atoms with Crippen molar-refractivity contribution in [3.05, 3.63) is 35.9 Å². The third kappa shape index (κ3) is 2.42. The zero-order valence-corrected chi connectivity index (χ0v) is 8.40. The molecule has 0 saturated carbocycles. The van der Waals surface area contributed by atoms with Crippen LogP contribution < -0.4 is 0 Å². The molecule has 0 bridgehead atoms. The van der Waals surface area contributed by atoms with Gasteiger partial charge in [0.15, 0.2) is 0 Å². The van der Waals surface area contributed by atoms with Gasteiger partial charge in [-0.15, -0.1) is 11.8 Å². The summed E-state index contributed by atoms with van der Waals surface area (Å²) in [7, 11) is 0. The molecule has 1 heteroatoms. The van der Waals surface area contributed by atoms with E-state index < -0.39 is 0 Å². The first-order valence-electron chi connectivity index (χ1n) is 4.23. The smallest absolute Gasteiger partial charge is 0.0144 e. The number of benzene rings is 1. The molecule has 0 heterocycles. The van der Waals surface area contributed by atoms with Gasteiger partial charge >= 0.3 is 0 Å². The summed E-state index contributed by atoms with van der Waals surface area (Å²) in [5.41, 5.74) is 1.33. The molecule has 0 aromatic heterocycles. The molecule has 0 atom stereocenters. The second kappa shape index (κ2) is 5.04. The molecule has 0 N–H and O–H groups in total. The van der Waals surface area contributed by atoms with E-state index in [0.717, 1.165) is 5.75 Å². The lowest BCUT2D eigenvalue weighted by Gasteiger charge is -2.02. The second-order valence-corrected chi connectivity index (χ2v) is 3.78. The minimum absolute atomic E-state index is 1.13. The van der Waals surface area contributed by atoms with Crippen molar-refractivity contribution in [1.29, 1.82) is 0 Å². The third-order valence-electron chi connectivity index (χ3n) is 1.57. The lowest BCUT2D eigenvalue weighted by Crippen LogP contribution is -1.78. The first kappa shape index (κ1) is 9.40. The minimum atomic E-state index is 1.13. The van der Waals surface area contributed by atoms with Crippen LogP contribution in [0.2, 0.25) is 0 Å². The highest BCUT2D eigenvalue weighted by Crippen LogP contribution is 2.22. The summed E-state index contributed by atoms with van der Waals surface area (Å²) < 4.78 is 0. The van der Waals surface area contributed by atoms with Crippen molar-refractivity contribution in [2.75, 3.05) is 5.75 Å². The SMILES string of the molecule is C/C=C\c1ccccc1SCC. The predicted molar refractivity (Wildman–Crippen MR) is 57.5 cm³/mol. The van der Waals surface area contributed by atoms with Crippen LogP contribution in [0, 0.1) is 0 Å². The van der Waals surface area contributed by atoms with E-state index in [1.54, 1.807) is 0 Å². The number of allylic oxidation sites excluding steroid dienone is 1. The molecule has 0 saturated heterocycles. The van der Waals surface area contributed by atoms with Crippen LogP contribution in [0.15, 0.2) is 35.2 Å². The lowest BCUT2D eigenvalue weighted by molar-refractivity contribution is 1.40. The Kier molecular flexibility index (Phi) is 3.95. The second-order valence-electron chi connectivity index (χ2n) is 2.47. The summed E-state index contributed by atoms with van der Waals surface area (Å²) >= 11 is 1.89. The van der Waals surface area contributed by atoms with E-state index in [4.69, 9.17) is 0 Å². The van der Waals surface area contributed by atoms with Gasteiger partial charge in [0.2, 0.25) is 0 Å². The Labute approximate surface area is 78.7 Å². The van der Waals surface area contributed by atoms with E-state index in [1.807, 2.05) is 18.7 Å². The van der Waals surface area contributed by atoms with Gasteiger partial charge in [-0.2, -0.15) is 0 Å². The lowest BCUT2D eigenvalue weighted by atomic mass is 10.2. The zero-order chi connectivity index (χ0) is 8.81. The molecule has 0 nitrogen and oxygen atoms in total. The van der Waals surface area contributed by atoms with Gasteiger partial charge in [-0.25, -0.2) is 0 Å². The molecule has 0 aliphatic rings. The highest BCUT2D eigenvalue weighted by atomic mass is 32.2. The van der Waals surface area contributed by atoms with Crippen molar-refractivity contribution < 1.29 is 0 Å². The Morgan fingerprint density at radius 2 is 2.08 bits per heavy atom. The van der Waals surface area contributed by atoms with Crippen LogP contribution in [-0.2, 0) is 0 Å². The van der Waals surface area contributed by atoms with Gasteiger partial charge in [0.05, 0.1) is 0 Å². The Morgan fingerprint density at radius 3 is 2.75 bits per heavy atom. The first-order chi connectivity index (χ1) is 5.88. The normalized spacial score (nSPS) is 10.8. The third-order valence-corrected chi connectivity index (χ3v) is 2.54. The van der Waals surface area contributed by atoms with Crippen LogP contribution in [0.5, 0.6) is 0 Å². The number of rotatable bonds is 3. The van der Waals surface area contributed by atoms with Gasteiger partial charge < -0.3 is 0 Å². The predicted octanol–water partition coefficient (Wildman–Crippen LogP) is 3.83. The van der Waals surface area contributed by atoms with Gasteiger partial charge in [0, 0.05) is 4.90 Å². The average molecular weight is 178 g/mol. The molecular formula is C11H14S. The van der Waals surface area contributed by atoms with Crippen LogP contribution >= 0.6 is 11.8 Å². The average Bonchev–Trinajstić information content (AvgIpc) is 2.09. The van der Waals surface area contributed by atoms with Crippen molar-refractivity contribution in [2.45, 2.75) is 18.7 Å². The van der Waals surface area contributed by atoms with E-state index in [9.17, 15) is 0 Å². The fourth-order valence-corrected chi connectivity index (χ4v) is 1.87. The van der Waals surface area contributed by atoms with Crippen LogP contribution in [-0.4, -0.2) is 5.75 Å². The molecule has 1 aromatic rings. The summed E-state index contributed by atoms with van der Waals surface area (Å²) in [6.45, 7) is 4.23. The molecule has 0 aliphatic heterocycles. The summed E-state index contributed by atoms with van der Waals surface area (Å²) in [6, 6.07) is 8.49. The quantitative estimate of drug-likeness (QED) is 0.634. The Hall–Kier alpha value is -0.690. The molecule has 0 spiro atoms. The topological polar surface area (TPSA) is 0 Å². The van der Waals surface area contributed by atoms with Gasteiger partial charge in [0.1, 0.15) is 0 Å². The first-order valence-corrected chi connectivity index (χ1v) is 5.21. The maximum absolute atomic E-state index is 2.18. The van der Waals surface area contributed by atoms with Gasteiger partial charge in [0.25, 0.3) is 0 Å². The van der Waals surface area contributed by atoms with Crippen LogP contribution in [0.3, 0.4) is 0 Å². The standard InChI is InChI=1S/C11H14S/c1-3-7-10-8-5-6-9-11(10)12-4-2/h3,5-9H,4H2,1-2H3/b7-3-. The van der Waals surface area contributed by atoms with Gasteiger partial charge in [-0.3, -0.25) is 0 Å². The maximum atomic E-state index is 2.18. The summed E-state index contributed by atoms with van der Waals surface area (Å²) in [5, 5.41) is 0. The minimum Gasteiger partial charge on any atom is -0.126 e. The fraction of sp³-hybridized carbons (Fsp3) is 0.273. The highest BCUT2D eigenvalue weighted by Gasteiger charge is 1.95. The molecule has 1 aromatic carbocycles. The van der Waals surface area contributed by atoms with Crippen molar-refractivity contribution in [3.8, 4) is 0 Å². The molecule has 0 unspecified atom stereocenters. The number of hydrogen-bond donors (Lipinski definition) is 0. The van der Waals surface area contributed by atoms with E-state index in [-0.39, 0.29) is 0 Å². The summed E-state index contributed by atoms with van der Waals surface area (Å²) in [4.78, 5) is 1.37. The number of hydrogen-bond acceptors (Lipinski definition) is 1. The maximum Gasteiger partial charge on any atom is 0.0144 e. The zero-order valence-electron chi connectivity index (χ0n) is 7.58. The molecule has 64 valence electrons. The van der Waals surface area contributed by atoms with Crippen molar-refractivity contribution in [1.82, 2.24) is 0 Å². The molecule has 0 aliphatic carbocycles. The largest absolute Gasteiger partial charge is 0.126 e. The van der Waals surface area contributed by atoms with E-state index in [1.165, 1.54) is 10.5 Å².